The van der Waals surface area contributed by atoms with Crippen LogP contribution >= 0.6 is 0 Å². The Bertz CT molecular complexity index is 517. The van der Waals surface area contributed by atoms with Crippen molar-refractivity contribution in [3.8, 4) is 0 Å². The standard InChI is InChI=1S/C15H17N/c1-2-14-10-13-8-3-4-9-15(13)16(14)11-12-6-5-7-12/h2-4,8-10,12H,1,5-7,11H2. The summed E-state index contributed by atoms with van der Waals surface area (Å²) in [5.74, 6) is 0.884. The van der Waals surface area contributed by atoms with Crippen LogP contribution in [0.1, 0.15) is 25.0 Å². The van der Waals surface area contributed by atoms with Crippen LogP contribution in [0, 0.1) is 5.92 Å². The number of nitrogens with zero attached hydrogens (tertiary/aromatic N) is 1. The van der Waals surface area contributed by atoms with Crippen LogP contribution in [0.2, 0.25) is 0 Å². The first-order valence-corrected chi connectivity index (χ1v) is 6.09. The van der Waals surface area contributed by atoms with Gasteiger partial charge in [-0.1, -0.05) is 31.2 Å². The highest BCUT2D eigenvalue weighted by molar-refractivity contribution is 5.83. The lowest BCUT2D eigenvalue weighted by Crippen LogP contribution is -2.18. The summed E-state index contributed by atoms with van der Waals surface area (Å²) < 4.78 is 2.42. The molecule has 1 saturated carbocycles. The van der Waals surface area contributed by atoms with E-state index in [2.05, 4.69) is 41.5 Å². The van der Waals surface area contributed by atoms with E-state index in [1.807, 2.05) is 6.08 Å². The molecule has 1 fully saturated rings. The second-order valence-corrected chi connectivity index (χ2v) is 4.74. The van der Waals surface area contributed by atoms with Gasteiger partial charge in [0, 0.05) is 23.1 Å². The lowest BCUT2D eigenvalue weighted by Gasteiger charge is -2.26. The number of hydrogen-bond donors (Lipinski definition) is 0. The molecular weight excluding hydrogens is 194 g/mol. The molecule has 0 saturated heterocycles. The van der Waals surface area contributed by atoms with E-state index >= 15 is 0 Å². The normalized spacial score (nSPS) is 16.2. The number of hydrogen-bond acceptors (Lipinski definition) is 0. The maximum atomic E-state index is 3.92. The van der Waals surface area contributed by atoms with Gasteiger partial charge in [-0.25, -0.2) is 0 Å². The average Bonchev–Trinajstić information content (AvgIpc) is 2.61. The molecule has 82 valence electrons. The van der Waals surface area contributed by atoms with Gasteiger partial charge in [-0.2, -0.15) is 0 Å². The molecule has 3 rings (SSSR count). The van der Waals surface area contributed by atoms with Gasteiger partial charge in [0.15, 0.2) is 0 Å². The summed E-state index contributed by atoms with van der Waals surface area (Å²) in [7, 11) is 0. The summed E-state index contributed by atoms with van der Waals surface area (Å²) in [4.78, 5) is 0. The maximum absolute atomic E-state index is 3.92. The van der Waals surface area contributed by atoms with E-state index in [4.69, 9.17) is 0 Å². The van der Waals surface area contributed by atoms with E-state index in [1.54, 1.807) is 0 Å². The van der Waals surface area contributed by atoms with Crippen molar-refractivity contribution in [3.63, 3.8) is 0 Å². The third kappa shape index (κ3) is 1.47. The molecule has 2 aromatic rings. The molecule has 1 aliphatic rings. The van der Waals surface area contributed by atoms with Crippen molar-refractivity contribution < 1.29 is 0 Å². The van der Waals surface area contributed by atoms with Gasteiger partial charge in [0.1, 0.15) is 0 Å². The van der Waals surface area contributed by atoms with Crippen molar-refractivity contribution >= 4 is 17.0 Å². The van der Waals surface area contributed by atoms with Crippen LogP contribution in [0.25, 0.3) is 17.0 Å². The Balaban J connectivity index is 2.07. The highest BCUT2D eigenvalue weighted by Crippen LogP contribution is 2.30. The topological polar surface area (TPSA) is 4.93 Å². The number of rotatable bonds is 3. The maximum Gasteiger partial charge on any atom is 0.0485 e. The van der Waals surface area contributed by atoms with Crippen LogP contribution in [0.5, 0.6) is 0 Å². The van der Waals surface area contributed by atoms with Gasteiger partial charge in [-0.3, -0.25) is 0 Å². The van der Waals surface area contributed by atoms with E-state index in [-0.39, 0.29) is 0 Å². The SMILES string of the molecule is C=Cc1cc2ccccc2n1CC1CCC1. The molecule has 1 aromatic carbocycles. The molecule has 0 radical (unpaired) electrons. The zero-order valence-corrected chi connectivity index (χ0v) is 9.52. The third-order valence-corrected chi connectivity index (χ3v) is 3.72. The van der Waals surface area contributed by atoms with Crippen LogP contribution in [0.3, 0.4) is 0 Å². The van der Waals surface area contributed by atoms with Crippen molar-refractivity contribution in [1.29, 1.82) is 0 Å². The van der Waals surface area contributed by atoms with Gasteiger partial charge in [0.25, 0.3) is 0 Å². The van der Waals surface area contributed by atoms with Gasteiger partial charge < -0.3 is 4.57 Å². The largest absolute Gasteiger partial charge is 0.341 e. The minimum atomic E-state index is 0.884. The fourth-order valence-electron chi connectivity index (χ4n) is 2.54. The van der Waals surface area contributed by atoms with Crippen molar-refractivity contribution in [1.82, 2.24) is 4.57 Å². The molecule has 1 heterocycles. The monoisotopic (exact) mass is 211 g/mol. The Morgan fingerprint density at radius 2 is 2.12 bits per heavy atom. The van der Waals surface area contributed by atoms with Crippen LogP contribution < -0.4 is 0 Å². The second kappa shape index (κ2) is 3.82. The summed E-state index contributed by atoms with van der Waals surface area (Å²) >= 11 is 0. The highest BCUT2D eigenvalue weighted by Gasteiger charge is 2.19. The van der Waals surface area contributed by atoms with E-state index in [9.17, 15) is 0 Å². The first-order valence-electron chi connectivity index (χ1n) is 6.09. The third-order valence-electron chi connectivity index (χ3n) is 3.72. The Morgan fingerprint density at radius 3 is 2.81 bits per heavy atom. The van der Waals surface area contributed by atoms with E-state index in [0.29, 0.717) is 0 Å². The molecule has 0 amide bonds. The van der Waals surface area contributed by atoms with Gasteiger partial charge in [0.2, 0.25) is 0 Å². The molecule has 0 N–H and O–H groups in total. The number of aromatic nitrogens is 1. The molecular formula is C15H17N. The van der Waals surface area contributed by atoms with Gasteiger partial charge >= 0.3 is 0 Å². The van der Waals surface area contributed by atoms with Gasteiger partial charge in [-0.05, 0) is 37.0 Å². The van der Waals surface area contributed by atoms with Crippen molar-refractivity contribution in [2.75, 3.05) is 0 Å². The van der Waals surface area contributed by atoms with E-state index < -0.39 is 0 Å². The molecule has 0 bridgehead atoms. The molecule has 1 heteroatoms. The Labute approximate surface area is 96.4 Å². The molecule has 0 aliphatic heterocycles. The van der Waals surface area contributed by atoms with E-state index in [1.165, 1.54) is 35.9 Å². The quantitative estimate of drug-likeness (QED) is 0.720. The molecule has 1 aliphatic carbocycles. The second-order valence-electron chi connectivity index (χ2n) is 4.74. The summed E-state index contributed by atoms with van der Waals surface area (Å²) in [6.45, 7) is 5.08. The lowest BCUT2D eigenvalue weighted by atomic mass is 9.85. The fraction of sp³-hybridized carbons (Fsp3) is 0.333. The smallest absolute Gasteiger partial charge is 0.0485 e. The number of fused-ring (bicyclic) bond motifs is 1. The van der Waals surface area contributed by atoms with Crippen molar-refractivity contribution in [2.45, 2.75) is 25.8 Å². The highest BCUT2D eigenvalue weighted by atomic mass is 15.0. The summed E-state index contributed by atoms with van der Waals surface area (Å²) in [5.41, 5.74) is 2.61. The summed E-state index contributed by atoms with van der Waals surface area (Å²) in [6, 6.07) is 10.8. The predicted molar refractivity (Wildman–Crippen MR) is 69.4 cm³/mol. The predicted octanol–water partition coefficient (Wildman–Crippen LogP) is 4.08. The van der Waals surface area contributed by atoms with Crippen LogP contribution in [-0.2, 0) is 6.54 Å². The molecule has 1 aromatic heterocycles. The molecule has 0 spiro atoms. The molecule has 16 heavy (non-hydrogen) atoms. The summed E-state index contributed by atoms with van der Waals surface area (Å²) in [5, 5.41) is 1.33. The fourth-order valence-corrected chi connectivity index (χ4v) is 2.54. The lowest BCUT2D eigenvalue weighted by molar-refractivity contribution is 0.279. The molecule has 0 unspecified atom stereocenters. The van der Waals surface area contributed by atoms with Gasteiger partial charge in [-0.15, -0.1) is 0 Å². The van der Waals surface area contributed by atoms with Crippen LogP contribution in [0.4, 0.5) is 0 Å². The Morgan fingerprint density at radius 1 is 1.31 bits per heavy atom. The first-order chi connectivity index (χ1) is 7.88. The number of benzene rings is 1. The Hall–Kier alpha value is -1.50. The van der Waals surface area contributed by atoms with Crippen molar-refractivity contribution in [2.24, 2.45) is 5.92 Å². The molecule has 1 nitrogen and oxygen atoms in total. The first kappa shape index (κ1) is 9.71. The van der Waals surface area contributed by atoms with E-state index in [0.717, 1.165) is 12.5 Å². The zero-order chi connectivity index (χ0) is 11.0. The van der Waals surface area contributed by atoms with Crippen LogP contribution in [-0.4, -0.2) is 4.57 Å². The van der Waals surface area contributed by atoms with Crippen LogP contribution in [0.15, 0.2) is 36.9 Å². The molecule has 0 atom stereocenters. The average molecular weight is 211 g/mol. The minimum absolute atomic E-state index is 0.884. The van der Waals surface area contributed by atoms with Crippen molar-refractivity contribution in [3.05, 3.63) is 42.6 Å². The van der Waals surface area contributed by atoms with Gasteiger partial charge in [0.05, 0.1) is 0 Å². The Kier molecular flexibility index (Phi) is 2.32. The number of para-hydroxylation sites is 1. The zero-order valence-electron chi connectivity index (χ0n) is 9.52. The minimum Gasteiger partial charge on any atom is -0.341 e. The summed E-state index contributed by atoms with van der Waals surface area (Å²) in [6.07, 6.45) is 6.16.